The van der Waals surface area contributed by atoms with Gasteiger partial charge in [-0.25, -0.2) is 4.39 Å². The van der Waals surface area contributed by atoms with Crippen molar-refractivity contribution in [3.8, 4) is 23.2 Å². The lowest BCUT2D eigenvalue weighted by Crippen LogP contribution is -2.55. The van der Waals surface area contributed by atoms with Gasteiger partial charge in [0.2, 0.25) is 5.91 Å². The Morgan fingerprint density at radius 3 is 2.83 bits per heavy atom. The maximum absolute atomic E-state index is 16.8. The van der Waals surface area contributed by atoms with Gasteiger partial charge in [-0.2, -0.15) is 15.2 Å². The number of halogens is 2. The van der Waals surface area contributed by atoms with Crippen molar-refractivity contribution in [2.45, 2.75) is 24.4 Å². The van der Waals surface area contributed by atoms with E-state index in [4.69, 9.17) is 26.1 Å². The van der Waals surface area contributed by atoms with E-state index >= 15 is 4.39 Å². The highest BCUT2D eigenvalue weighted by molar-refractivity contribution is 6.36. The molecule has 1 aromatic heterocycles. The third-order valence-corrected chi connectivity index (χ3v) is 10.2. The van der Waals surface area contributed by atoms with E-state index in [1.165, 1.54) is 6.08 Å². The summed E-state index contributed by atoms with van der Waals surface area (Å²) in [6, 6.07) is 16.7. The third-order valence-electron chi connectivity index (χ3n) is 9.93. The minimum atomic E-state index is -0.509. The van der Waals surface area contributed by atoms with Crippen LogP contribution >= 0.6 is 11.6 Å². The number of ether oxygens (including phenoxy) is 2. The van der Waals surface area contributed by atoms with Crippen molar-refractivity contribution >= 4 is 45.0 Å². The highest BCUT2D eigenvalue weighted by atomic mass is 35.5. The SMILES string of the molecule is C=CC(=O)N1CCN(c2nc(OCC34COCC3CCN4C)nc3c(F)c(-c4cccc5cccc(Cl)c45)ccc23)C[C@@H]1CC#N. The number of nitrogens with zero attached hydrogens (tertiary/aromatic N) is 6. The van der Waals surface area contributed by atoms with E-state index in [2.05, 4.69) is 29.6 Å². The molecular formula is C35H34ClFN6O3. The van der Waals surface area contributed by atoms with Crippen LogP contribution in [0.4, 0.5) is 10.2 Å². The minimum absolute atomic E-state index is 0.0660. The fourth-order valence-corrected chi connectivity index (χ4v) is 7.63. The molecule has 4 heterocycles. The maximum Gasteiger partial charge on any atom is 0.319 e. The Kier molecular flexibility index (Phi) is 8.01. The average molecular weight is 641 g/mol. The third kappa shape index (κ3) is 5.03. The van der Waals surface area contributed by atoms with Crippen LogP contribution in [0.25, 0.3) is 32.8 Å². The molecule has 0 aliphatic carbocycles. The van der Waals surface area contributed by atoms with Gasteiger partial charge in [-0.05, 0) is 49.2 Å². The Bertz CT molecular complexity index is 1890. The Hall–Kier alpha value is -4.30. The Morgan fingerprint density at radius 2 is 2.02 bits per heavy atom. The van der Waals surface area contributed by atoms with Gasteiger partial charge in [0.1, 0.15) is 17.9 Å². The number of hydrogen-bond acceptors (Lipinski definition) is 8. The molecule has 2 unspecified atom stereocenters. The quantitative estimate of drug-likeness (QED) is 0.246. The second-order valence-corrected chi connectivity index (χ2v) is 12.7. The lowest BCUT2D eigenvalue weighted by molar-refractivity contribution is -0.128. The minimum Gasteiger partial charge on any atom is -0.461 e. The zero-order valence-corrected chi connectivity index (χ0v) is 26.3. The number of hydrogen-bond donors (Lipinski definition) is 0. The van der Waals surface area contributed by atoms with Crippen molar-refractivity contribution in [1.29, 1.82) is 5.26 Å². The van der Waals surface area contributed by atoms with Crippen LogP contribution in [0.15, 0.2) is 61.2 Å². The number of carbonyl (C=O) groups excluding carboxylic acids is 1. The summed E-state index contributed by atoms with van der Waals surface area (Å²) in [4.78, 5) is 28.0. The van der Waals surface area contributed by atoms with E-state index in [9.17, 15) is 10.1 Å². The van der Waals surface area contributed by atoms with Crippen LogP contribution in [0.1, 0.15) is 12.8 Å². The first-order chi connectivity index (χ1) is 22.3. The lowest BCUT2D eigenvalue weighted by atomic mass is 9.89. The van der Waals surface area contributed by atoms with Gasteiger partial charge >= 0.3 is 6.01 Å². The monoisotopic (exact) mass is 640 g/mol. The van der Waals surface area contributed by atoms with Gasteiger partial charge in [0.05, 0.1) is 37.3 Å². The van der Waals surface area contributed by atoms with Crippen molar-refractivity contribution in [3.63, 3.8) is 0 Å². The molecule has 3 aliphatic heterocycles. The normalized spacial score (nSPS) is 23.1. The highest BCUT2D eigenvalue weighted by Crippen LogP contribution is 2.41. The molecule has 11 heteroatoms. The highest BCUT2D eigenvalue weighted by Gasteiger charge is 2.52. The molecule has 0 radical (unpaired) electrons. The van der Waals surface area contributed by atoms with Gasteiger partial charge in [0.25, 0.3) is 0 Å². The summed E-state index contributed by atoms with van der Waals surface area (Å²) < 4.78 is 29.0. The van der Waals surface area contributed by atoms with Crippen LogP contribution in [0.3, 0.4) is 0 Å². The van der Waals surface area contributed by atoms with Crippen molar-refractivity contribution in [3.05, 3.63) is 72.0 Å². The molecular weight excluding hydrogens is 607 g/mol. The molecule has 236 valence electrons. The van der Waals surface area contributed by atoms with E-state index in [-0.39, 0.29) is 35.4 Å². The zero-order valence-electron chi connectivity index (χ0n) is 25.6. The molecule has 7 rings (SSSR count). The van der Waals surface area contributed by atoms with Crippen LogP contribution in [0.2, 0.25) is 5.02 Å². The second-order valence-electron chi connectivity index (χ2n) is 12.3. The van der Waals surface area contributed by atoms with Crippen LogP contribution in [-0.4, -0.2) is 90.3 Å². The van der Waals surface area contributed by atoms with E-state index < -0.39 is 5.82 Å². The number of fused-ring (bicyclic) bond motifs is 3. The Labute approximate surface area is 271 Å². The Morgan fingerprint density at radius 1 is 1.20 bits per heavy atom. The van der Waals surface area contributed by atoms with Crippen molar-refractivity contribution in [1.82, 2.24) is 19.8 Å². The first-order valence-electron chi connectivity index (χ1n) is 15.5. The number of aromatic nitrogens is 2. The number of piperazine rings is 1. The number of benzene rings is 3. The molecule has 9 nitrogen and oxygen atoms in total. The summed E-state index contributed by atoms with van der Waals surface area (Å²) in [5.41, 5.74) is 0.851. The van der Waals surface area contributed by atoms with Crippen LogP contribution in [0.5, 0.6) is 6.01 Å². The predicted octanol–water partition coefficient (Wildman–Crippen LogP) is 5.46. The fourth-order valence-electron chi connectivity index (χ4n) is 7.35. The van der Waals surface area contributed by atoms with Crippen molar-refractivity contribution in [2.24, 2.45) is 5.92 Å². The number of anilines is 1. The molecule has 3 aromatic carbocycles. The van der Waals surface area contributed by atoms with E-state index in [0.717, 1.165) is 23.7 Å². The van der Waals surface area contributed by atoms with Crippen molar-refractivity contribution < 1.29 is 18.7 Å². The molecule has 3 aliphatic rings. The zero-order chi connectivity index (χ0) is 32.0. The smallest absolute Gasteiger partial charge is 0.319 e. The summed E-state index contributed by atoms with van der Waals surface area (Å²) in [5, 5.41) is 12.3. The second kappa shape index (κ2) is 12.1. The Balaban J connectivity index is 1.34. The molecule has 0 bridgehead atoms. The molecule has 3 atom stereocenters. The number of nitriles is 1. The lowest BCUT2D eigenvalue weighted by Gasteiger charge is -2.41. The molecule has 0 saturated carbocycles. The number of likely N-dealkylation sites (tertiary alicyclic amines) is 1. The first kappa shape index (κ1) is 30.4. The topological polar surface area (TPSA) is 94.8 Å². The number of likely N-dealkylation sites (N-methyl/N-ethyl adjacent to an activating group) is 1. The molecule has 46 heavy (non-hydrogen) atoms. The molecule has 3 fully saturated rings. The van der Waals surface area contributed by atoms with E-state index in [1.807, 2.05) is 41.3 Å². The first-order valence-corrected chi connectivity index (χ1v) is 15.9. The van der Waals surface area contributed by atoms with Gasteiger partial charge in [0, 0.05) is 46.9 Å². The molecule has 3 saturated heterocycles. The standard InChI is InChI=1S/C35H34ClFN6O3/c1-3-29(44)43-17-16-42(18-24(43)12-14-38)33-27-11-10-26(25-8-4-6-22-7-5-9-28(36)30(22)25)31(37)32(27)39-34(40-33)46-21-35-20-45-19-23(35)13-15-41(35)2/h3-11,23-24H,1,12-13,15-21H2,2H3/t23?,24-,35?/m0/s1. The van der Waals surface area contributed by atoms with Crippen LogP contribution < -0.4 is 9.64 Å². The van der Waals surface area contributed by atoms with E-state index in [0.29, 0.717) is 72.7 Å². The summed E-state index contributed by atoms with van der Waals surface area (Å²) in [6.07, 6.45) is 2.42. The number of amides is 1. The molecule has 0 N–H and O–H groups in total. The van der Waals surface area contributed by atoms with Gasteiger partial charge in [-0.15, -0.1) is 0 Å². The van der Waals surface area contributed by atoms with Gasteiger partial charge in [-0.3, -0.25) is 9.69 Å². The van der Waals surface area contributed by atoms with Crippen LogP contribution in [-0.2, 0) is 9.53 Å². The molecule has 0 spiro atoms. The van der Waals surface area contributed by atoms with Gasteiger partial charge < -0.3 is 19.3 Å². The molecule has 4 aromatic rings. The number of rotatable bonds is 7. The number of carbonyl (C=O) groups is 1. The van der Waals surface area contributed by atoms with Gasteiger partial charge in [0.15, 0.2) is 5.82 Å². The summed E-state index contributed by atoms with van der Waals surface area (Å²) >= 11 is 6.63. The van der Waals surface area contributed by atoms with Gasteiger partial charge in [-0.1, -0.05) is 54.6 Å². The summed E-state index contributed by atoms with van der Waals surface area (Å²) in [6.45, 7) is 7.22. The fraction of sp³-hybridized carbons (Fsp3) is 0.371. The van der Waals surface area contributed by atoms with Crippen LogP contribution in [0, 0.1) is 23.1 Å². The average Bonchev–Trinajstić information content (AvgIpc) is 3.63. The largest absolute Gasteiger partial charge is 0.461 e. The molecule has 1 amide bonds. The van der Waals surface area contributed by atoms with E-state index in [1.54, 1.807) is 17.0 Å². The summed E-state index contributed by atoms with van der Waals surface area (Å²) in [5.74, 6) is 0.0884. The predicted molar refractivity (Wildman–Crippen MR) is 175 cm³/mol. The van der Waals surface area contributed by atoms with Crippen molar-refractivity contribution in [2.75, 3.05) is 57.9 Å². The maximum atomic E-state index is 16.8. The summed E-state index contributed by atoms with van der Waals surface area (Å²) in [7, 11) is 2.07.